The van der Waals surface area contributed by atoms with E-state index in [0.717, 1.165) is 24.2 Å². The molecule has 1 atom stereocenters. The third kappa shape index (κ3) is 1.90. The summed E-state index contributed by atoms with van der Waals surface area (Å²) in [5.74, 6) is 0. The minimum Gasteiger partial charge on any atom is -0.472 e. The lowest BCUT2D eigenvalue weighted by Crippen LogP contribution is -2.43. The Balaban J connectivity index is 2.60. The summed E-state index contributed by atoms with van der Waals surface area (Å²) >= 11 is 0. The van der Waals surface area contributed by atoms with E-state index in [4.69, 9.17) is 0 Å². The fraction of sp³-hybridized carbons (Fsp3) is 0.231. The Morgan fingerprint density at radius 1 is 1.00 bits per heavy atom. The van der Waals surface area contributed by atoms with E-state index in [9.17, 15) is 18.3 Å². The third-order valence-corrected chi connectivity index (χ3v) is 2.82. The van der Waals surface area contributed by atoms with Crippen LogP contribution in [0.3, 0.4) is 0 Å². The molecule has 0 aliphatic heterocycles. The summed E-state index contributed by atoms with van der Waals surface area (Å²) in [7, 11) is 0. The summed E-state index contributed by atoms with van der Waals surface area (Å²) in [4.78, 5) is 0. The zero-order valence-electron chi connectivity index (χ0n) is 9.53. The van der Waals surface area contributed by atoms with Crippen molar-refractivity contribution >= 4 is 0 Å². The highest BCUT2D eigenvalue weighted by Gasteiger charge is 2.56. The quantitative estimate of drug-likeness (QED) is 0.893. The van der Waals surface area contributed by atoms with Gasteiger partial charge < -0.3 is 9.52 Å². The standard InChI is InChI=1S/C13H11F3O2/c1-9-2-4-10(5-3-9)12(17,13(14,15)16)11-6-7-18-8-11/h2-8,17H,1H3. The van der Waals surface area contributed by atoms with Crippen LogP contribution in [-0.4, -0.2) is 11.3 Å². The zero-order chi connectivity index (χ0) is 13.4. The molecular formula is C13H11F3O2. The van der Waals surface area contributed by atoms with Crippen molar-refractivity contribution in [2.75, 3.05) is 0 Å². The Bertz CT molecular complexity index is 514. The van der Waals surface area contributed by atoms with E-state index >= 15 is 0 Å². The molecule has 1 unspecified atom stereocenters. The molecule has 18 heavy (non-hydrogen) atoms. The Kier molecular flexibility index (Phi) is 2.94. The van der Waals surface area contributed by atoms with Gasteiger partial charge in [0.25, 0.3) is 0 Å². The van der Waals surface area contributed by atoms with Crippen LogP contribution in [0.25, 0.3) is 0 Å². The number of hydrogen-bond acceptors (Lipinski definition) is 2. The van der Waals surface area contributed by atoms with Crippen molar-refractivity contribution in [3.05, 3.63) is 59.5 Å². The Labute approximate surface area is 102 Å². The Morgan fingerprint density at radius 3 is 2.06 bits per heavy atom. The van der Waals surface area contributed by atoms with Gasteiger partial charge in [-0.15, -0.1) is 0 Å². The van der Waals surface area contributed by atoms with Gasteiger partial charge in [0.15, 0.2) is 0 Å². The number of aryl methyl sites for hydroxylation is 1. The Morgan fingerprint density at radius 2 is 1.61 bits per heavy atom. The average Bonchev–Trinajstić information content (AvgIpc) is 2.81. The second kappa shape index (κ2) is 4.17. The van der Waals surface area contributed by atoms with E-state index in [2.05, 4.69) is 4.42 Å². The molecule has 0 saturated carbocycles. The topological polar surface area (TPSA) is 33.4 Å². The molecule has 0 spiro atoms. The number of halogens is 3. The maximum Gasteiger partial charge on any atom is 0.425 e. The molecule has 5 heteroatoms. The summed E-state index contributed by atoms with van der Waals surface area (Å²) in [5.41, 5.74) is -2.80. The van der Waals surface area contributed by atoms with Gasteiger partial charge in [-0.05, 0) is 18.6 Å². The van der Waals surface area contributed by atoms with Gasteiger partial charge in [-0.3, -0.25) is 0 Å². The molecule has 1 aromatic heterocycles. The maximum atomic E-state index is 13.2. The largest absolute Gasteiger partial charge is 0.472 e. The molecule has 2 rings (SSSR count). The van der Waals surface area contributed by atoms with Crippen molar-refractivity contribution in [2.24, 2.45) is 0 Å². The highest BCUT2D eigenvalue weighted by Crippen LogP contribution is 2.44. The van der Waals surface area contributed by atoms with Crippen LogP contribution in [0, 0.1) is 6.92 Å². The summed E-state index contributed by atoms with van der Waals surface area (Å²) in [6.45, 7) is 1.76. The van der Waals surface area contributed by atoms with E-state index < -0.39 is 11.8 Å². The molecular weight excluding hydrogens is 245 g/mol. The fourth-order valence-electron chi connectivity index (χ4n) is 1.76. The molecule has 0 aliphatic rings. The molecule has 0 saturated heterocycles. The minimum atomic E-state index is -4.83. The van der Waals surface area contributed by atoms with Gasteiger partial charge in [0.1, 0.15) is 0 Å². The molecule has 0 aliphatic carbocycles. The van der Waals surface area contributed by atoms with E-state index in [1.165, 1.54) is 24.3 Å². The van der Waals surface area contributed by atoms with Gasteiger partial charge in [-0.2, -0.15) is 13.2 Å². The summed E-state index contributed by atoms with van der Waals surface area (Å²) in [6.07, 6.45) is -2.83. The first-order valence-corrected chi connectivity index (χ1v) is 5.24. The lowest BCUT2D eigenvalue weighted by atomic mass is 9.87. The molecule has 0 amide bonds. The third-order valence-electron chi connectivity index (χ3n) is 2.82. The predicted octanol–water partition coefficient (Wildman–Crippen LogP) is 3.39. The molecule has 1 aromatic carbocycles. The zero-order valence-corrected chi connectivity index (χ0v) is 9.53. The van der Waals surface area contributed by atoms with Crippen molar-refractivity contribution in [3.63, 3.8) is 0 Å². The molecule has 96 valence electrons. The van der Waals surface area contributed by atoms with Gasteiger partial charge in [-0.1, -0.05) is 29.8 Å². The first kappa shape index (κ1) is 12.7. The van der Waals surface area contributed by atoms with Crippen LogP contribution in [-0.2, 0) is 5.60 Å². The molecule has 0 radical (unpaired) electrons. The van der Waals surface area contributed by atoms with Crippen molar-refractivity contribution < 1.29 is 22.7 Å². The van der Waals surface area contributed by atoms with Gasteiger partial charge in [0, 0.05) is 5.56 Å². The fourth-order valence-corrected chi connectivity index (χ4v) is 1.76. The van der Waals surface area contributed by atoms with Gasteiger partial charge in [-0.25, -0.2) is 0 Å². The van der Waals surface area contributed by atoms with Crippen LogP contribution in [0.2, 0.25) is 0 Å². The van der Waals surface area contributed by atoms with E-state index in [-0.39, 0.29) is 11.1 Å². The number of furan rings is 1. The number of alkyl halides is 3. The predicted molar refractivity (Wildman–Crippen MR) is 58.9 cm³/mol. The van der Waals surface area contributed by atoms with E-state index in [1.807, 2.05) is 0 Å². The lowest BCUT2D eigenvalue weighted by molar-refractivity contribution is -0.248. The van der Waals surface area contributed by atoms with E-state index in [1.54, 1.807) is 6.92 Å². The maximum absolute atomic E-state index is 13.2. The van der Waals surface area contributed by atoms with Gasteiger partial charge in [0.05, 0.1) is 12.5 Å². The summed E-state index contributed by atoms with van der Waals surface area (Å²) in [5, 5.41) is 10.1. The number of rotatable bonds is 2. The number of hydrogen-bond donors (Lipinski definition) is 1. The first-order valence-electron chi connectivity index (χ1n) is 5.24. The van der Waals surface area contributed by atoms with Crippen LogP contribution in [0.15, 0.2) is 47.3 Å². The van der Waals surface area contributed by atoms with Crippen LogP contribution < -0.4 is 0 Å². The monoisotopic (exact) mass is 256 g/mol. The number of benzene rings is 1. The second-order valence-corrected chi connectivity index (χ2v) is 4.09. The highest BCUT2D eigenvalue weighted by atomic mass is 19.4. The lowest BCUT2D eigenvalue weighted by Gasteiger charge is -2.30. The molecule has 2 aromatic rings. The van der Waals surface area contributed by atoms with Crippen molar-refractivity contribution in [2.45, 2.75) is 18.7 Å². The minimum absolute atomic E-state index is 0.234. The van der Waals surface area contributed by atoms with Gasteiger partial charge >= 0.3 is 6.18 Å². The van der Waals surface area contributed by atoms with Crippen LogP contribution in [0.1, 0.15) is 16.7 Å². The molecule has 1 N–H and O–H groups in total. The van der Waals surface area contributed by atoms with Crippen LogP contribution in [0.5, 0.6) is 0 Å². The molecule has 0 bridgehead atoms. The van der Waals surface area contributed by atoms with E-state index in [0.29, 0.717) is 0 Å². The number of aliphatic hydroxyl groups is 1. The molecule has 0 fully saturated rings. The second-order valence-electron chi connectivity index (χ2n) is 4.09. The molecule has 2 nitrogen and oxygen atoms in total. The normalized spacial score (nSPS) is 15.4. The summed E-state index contributed by atoms with van der Waals surface area (Å²) in [6, 6.07) is 6.66. The van der Waals surface area contributed by atoms with Crippen molar-refractivity contribution in [1.82, 2.24) is 0 Å². The van der Waals surface area contributed by atoms with Gasteiger partial charge in [0.2, 0.25) is 5.60 Å². The highest BCUT2D eigenvalue weighted by molar-refractivity contribution is 5.37. The smallest absolute Gasteiger partial charge is 0.425 e. The van der Waals surface area contributed by atoms with Crippen molar-refractivity contribution in [3.8, 4) is 0 Å². The van der Waals surface area contributed by atoms with Crippen LogP contribution >= 0.6 is 0 Å². The van der Waals surface area contributed by atoms with Crippen molar-refractivity contribution in [1.29, 1.82) is 0 Å². The Hall–Kier alpha value is -1.75. The summed E-state index contributed by atoms with van der Waals surface area (Å²) < 4.78 is 44.1. The average molecular weight is 256 g/mol. The SMILES string of the molecule is Cc1ccc(C(O)(c2ccoc2)C(F)(F)F)cc1. The van der Waals surface area contributed by atoms with Crippen LogP contribution in [0.4, 0.5) is 13.2 Å². The first-order chi connectivity index (χ1) is 8.35. The molecule has 1 heterocycles.